The van der Waals surface area contributed by atoms with Crippen LogP contribution in [0.3, 0.4) is 0 Å². The van der Waals surface area contributed by atoms with E-state index >= 15 is 0 Å². The Balaban J connectivity index is 1.39. The molecule has 10 nitrogen and oxygen atoms in total. The van der Waals surface area contributed by atoms with Crippen LogP contribution in [-0.2, 0) is 28.4 Å². The number of hydrogen-bond donors (Lipinski definition) is 2. The number of methoxy groups -OCH3 is 1. The molecule has 1 fully saturated rings. The first-order valence-electron chi connectivity index (χ1n) is 12.1. The van der Waals surface area contributed by atoms with Crippen LogP contribution in [0.1, 0.15) is 34.3 Å². The summed E-state index contributed by atoms with van der Waals surface area (Å²) in [6.07, 6.45) is 11.1. The summed E-state index contributed by atoms with van der Waals surface area (Å²) >= 11 is 0. The predicted octanol–water partition coefficient (Wildman–Crippen LogP) is 2.76. The van der Waals surface area contributed by atoms with E-state index in [4.69, 9.17) is 4.74 Å². The number of imide groups is 1. The van der Waals surface area contributed by atoms with Crippen LogP contribution in [-0.4, -0.2) is 59.3 Å². The number of fused-ring (bicyclic) bond motifs is 1. The highest BCUT2D eigenvalue weighted by Crippen LogP contribution is 2.29. The maximum absolute atomic E-state index is 14.2. The van der Waals surface area contributed by atoms with Crippen molar-refractivity contribution in [1.29, 1.82) is 0 Å². The quantitative estimate of drug-likeness (QED) is 0.325. The molecule has 1 aromatic carbocycles. The standard InChI is InChI=1S/C27H20BF2N2O8/c1-38-23-13-16(5-10-22(23)33)3-7-18-14-17(39-28(29,30)40-18)6-2-15-4-8-19-20(12-15)27(37)32(26(19)36)21-9-11-24(34)31-25(21)35/h2-8,10,12-14,21H,9,11H2,1H3,(H,31,34,35)/q-1/p+1/b6-2+,16-3+,18-7-. The molecule has 3 amide bonds. The van der Waals surface area contributed by atoms with E-state index < -0.39 is 36.8 Å². The Morgan fingerprint density at radius 1 is 1.07 bits per heavy atom. The van der Waals surface area contributed by atoms with Gasteiger partial charge in [0.15, 0.2) is 5.76 Å². The van der Waals surface area contributed by atoms with Crippen LogP contribution in [0.4, 0.5) is 8.63 Å². The topological polar surface area (TPSA) is 131 Å². The largest absolute Gasteiger partial charge is 0.725 e. The minimum absolute atomic E-state index is 0.0254. The number of halogens is 2. The van der Waals surface area contributed by atoms with Crippen LogP contribution in [0.2, 0.25) is 0 Å². The first kappa shape index (κ1) is 26.5. The number of hydrogen-bond acceptors (Lipinski definition) is 7. The molecule has 1 atom stereocenters. The van der Waals surface area contributed by atoms with Crippen LogP contribution >= 0.6 is 0 Å². The fourth-order valence-electron chi connectivity index (χ4n) is 4.48. The van der Waals surface area contributed by atoms with Crippen molar-refractivity contribution < 1.29 is 51.5 Å². The Morgan fingerprint density at radius 2 is 1.88 bits per heavy atom. The summed E-state index contributed by atoms with van der Waals surface area (Å²) < 4.78 is 43.5. The van der Waals surface area contributed by atoms with Gasteiger partial charge in [0.2, 0.25) is 17.7 Å². The molecule has 3 aliphatic heterocycles. The van der Waals surface area contributed by atoms with Crippen molar-refractivity contribution in [2.45, 2.75) is 18.9 Å². The number of ketones is 1. The third kappa shape index (κ3) is 5.26. The van der Waals surface area contributed by atoms with Gasteiger partial charge in [0.1, 0.15) is 11.1 Å². The number of aliphatic hydroxyl groups is 1. The van der Waals surface area contributed by atoms with Gasteiger partial charge in [-0.2, -0.15) is 0 Å². The van der Waals surface area contributed by atoms with Crippen LogP contribution < -0.4 is 5.32 Å². The molecule has 0 spiro atoms. The van der Waals surface area contributed by atoms with Crippen LogP contribution in [0.25, 0.3) is 6.08 Å². The number of carbonyl (C=O) groups is 4. The molecule has 2 N–H and O–H groups in total. The molecule has 0 bridgehead atoms. The molecular weight excluding hydrogens is 529 g/mol. The van der Waals surface area contributed by atoms with Gasteiger partial charge in [0.05, 0.1) is 18.6 Å². The summed E-state index contributed by atoms with van der Waals surface area (Å²) in [6, 6.07) is 3.41. The first-order valence-corrected chi connectivity index (χ1v) is 12.1. The number of benzene rings is 1. The number of nitrogens with one attached hydrogen (secondary N) is 1. The van der Waals surface area contributed by atoms with Crippen LogP contribution in [0, 0.1) is 0 Å². The second-order valence-corrected chi connectivity index (χ2v) is 9.07. The molecule has 40 heavy (non-hydrogen) atoms. The lowest BCUT2D eigenvalue weighted by molar-refractivity contribution is -0.464. The summed E-state index contributed by atoms with van der Waals surface area (Å²) in [5, 5.41) is 12.9. The minimum Gasteiger partial charge on any atom is -0.627 e. The Morgan fingerprint density at radius 3 is 2.62 bits per heavy atom. The van der Waals surface area contributed by atoms with Gasteiger partial charge in [-0.3, -0.25) is 19.7 Å². The molecule has 1 saturated heterocycles. The fourth-order valence-corrected chi connectivity index (χ4v) is 4.48. The zero-order valence-electron chi connectivity index (χ0n) is 20.9. The molecule has 0 aromatic heterocycles. The number of allylic oxidation sites excluding steroid dienone is 8. The third-order valence-corrected chi connectivity index (χ3v) is 6.38. The smallest absolute Gasteiger partial charge is 0.627 e. The summed E-state index contributed by atoms with van der Waals surface area (Å²) in [6.45, 7) is 0. The molecule has 204 valence electrons. The van der Waals surface area contributed by atoms with Gasteiger partial charge in [-0.15, -0.1) is 4.58 Å². The molecule has 3 heterocycles. The average Bonchev–Trinajstić information content (AvgIpc) is 3.15. The number of amides is 3. The molecule has 1 aliphatic carbocycles. The molecule has 4 aliphatic rings. The van der Waals surface area contributed by atoms with Crippen molar-refractivity contribution in [3.8, 4) is 0 Å². The van der Waals surface area contributed by atoms with Gasteiger partial charge in [-0.25, -0.2) is 4.79 Å². The molecule has 0 saturated carbocycles. The van der Waals surface area contributed by atoms with Crippen LogP contribution in [0.5, 0.6) is 0 Å². The van der Waals surface area contributed by atoms with Gasteiger partial charge >= 0.3 is 18.9 Å². The van der Waals surface area contributed by atoms with E-state index in [1.807, 2.05) is 0 Å². The first-order chi connectivity index (χ1) is 19.0. The van der Waals surface area contributed by atoms with E-state index in [0.717, 1.165) is 4.58 Å². The maximum Gasteiger partial charge on any atom is 0.725 e. The summed E-state index contributed by atoms with van der Waals surface area (Å²) in [4.78, 5) is 48.3. The Hall–Kier alpha value is -5.07. The maximum atomic E-state index is 14.2. The molecule has 13 heteroatoms. The van der Waals surface area contributed by atoms with Gasteiger partial charge in [-0.05, 0) is 47.6 Å². The van der Waals surface area contributed by atoms with Gasteiger partial charge in [0.25, 0.3) is 5.91 Å². The zero-order chi connectivity index (χ0) is 28.6. The number of aliphatic hydroxyl groups excluding tert-OH is 1. The van der Waals surface area contributed by atoms with Crippen molar-refractivity contribution in [1.82, 2.24) is 5.32 Å². The van der Waals surface area contributed by atoms with E-state index in [9.17, 15) is 32.9 Å². The molecule has 0 radical (unpaired) electrons. The van der Waals surface area contributed by atoms with Gasteiger partial charge < -0.3 is 27.8 Å². The highest BCUT2D eigenvalue weighted by molar-refractivity contribution is 6.53. The number of nitrogens with zero attached hydrogens (tertiary/aromatic N) is 1. The average molecular weight is 550 g/mol. The lowest BCUT2D eigenvalue weighted by Crippen LogP contribution is -2.51. The van der Waals surface area contributed by atoms with Crippen molar-refractivity contribution in [2.75, 3.05) is 7.11 Å². The summed E-state index contributed by atoms with van der Waals surface area (Å²) in [7, 11) is -3.32. The normalized spacial score (nSPS) is 24.1. The number of carbonyl (C=O) groups excluding carboxylic acids is 4. The number of ether oxygens (including phenoxy) is 1. The van der Waals surface area contributed by atoms with Crippen molar-refractivity contribution >= 4 is 42.6 Å². The minimum atomic E-state index is -4.67. The second-order valence-electron chi connectivity index (χ2n) is 9.07. The zero-order valence-corrected chi connectivity index (χ0v) is 20.9. The Bertz CT molecular complexity index is 1580. The van der Waals surface area contributed by atoms with E-state index in [1.54, 1.807) is 0 Å². The molecule has 5 rings (SSSR count). The van der Waals surface area contributed by atoms with Gasteiger partial charge in [-0.1, -0.05) is 24.3 Å². The van der Waals surface area contributed by atoms with Crippen molar-refractivity contribution in [3.05, 3.63) is 100 Å². The van der Waals surface area contributed by atoms with E-state index in [2.05, 4.69) is 14.6 Å². The van der Waals surface area contributed by atoms with Crippen molar-refractivity contribution in [3.63, 3.8) is 0 Å². The number of rotatable bonds is 5. The molecular formula is C27H21BF2N2O8. The predicted molar refractivity (Wildman–Crippen MR) is 137 cm³/mol. The summed E-state index contributed by atoms with van der Waals surface area (Å²) in [5.41, 5.74) is 1.27. The fraction of sp³-hybridized carbons (Fsp3) is 0.148. The Labute approximate surface area is 226 Å². The molecule has 1 aromatic rings. The summed E-state index contributed by atoms with van der Waals surface area (Å²) in [5.74, 6) is -2.78. The van der Waals surface area contributed by atoms with Gasteiger partial charge in [0, 0.05) is 18.9 Å². The highest BCUT2D eigenvalue weighted by Gasteiger charge is 2.47. The SMILES string of the molecule is COC1=C/C(=C/C=C2C=C(/C=C/c3ccc4c(c3)C(O)=[N+](C3CCC(=O)NC3=O)C4=O)O[B-](F)(F)O/2)C=CC1=O. The number of piperidine rings is 1. The Kier molecular flexibility index (Phi) is 6.80. The monoisotopic (exact) mass is 550 g/mol. The second kappa shape index (κ2) is 10.2. The lowest BCUT2D eigenvalue weighted by Gasteiger charge is -2.33. The van der Waals surface area contributed by atoms with Crippen molar-refractivity contribution in [2.24, 2.45) is 0 Å². The van der Waals surface area contributed by atoms with E-state index in [1.165, 1.54) is 73.9 Å². The molecule has 1 unspecified atom stereocenters. The van der Waals surface area contributed by atoms with E-state index in [0.29, 0.717) is 11.1 Å². The van der Waals surface area contributed by atoms with E-state index in [-0.39, 0.29) is 47.0 Å². The highest BCUT2D eigenvalue weighted by atomic mass is 19.3. The third-order valence-electron chi connectivity index (χ3n) is 6.38. The lowest BCUT2D eigenvalue weighted by atomic mass is 10.0. The van der Waals surface area contributed by atoms with Crippen LogP contribution in [0.15, 0.2) is 83.6 Å².